The zero-order valence-corrected chi connectivity index (χ0v) is 4.61. The van der Waals surface area contributed by atoms with E-state index in [-0.39, 0.29) is 0 Å². The fourth-order valence-electron chi connectivity index (χ4n) is 0.692. The summed E-state index contributed by atoms with van der Waals surface area (Å²) in [6.45, 7) is 3.09. The third-order valence-corrected chi connectivity index (χ3v) is 1.17. The molecule has 0 radical (unpaired) electrons. The Balaban J connectivity index is 1.93. The molecule has 0 saturated carbocycles. The summed E-state index contributed by atoms with van der Waals surface area (Å²) >= 11 is 0. The highest BCUT2D eigenvalue weighted by atomic mass is 16.7. The van der Waals surface area contributed by atoms with E-state index in [0.29, 0.717) is 6.04 Å². The lowest BCUT2D eigenvalue weighted by atomic mass is 10.2. The molecular weight excluding hydrogens is 90.1 g/mol. The Morgan fingerprint density at radius 3 is 2.71 bits per heavy atom. The maximum atomic E-state index is 4.74. The highest BCUT2D eigenvalue weighted by Crippen LogP contribution is 2.02. The van der Waals surface area contributed by atoms with E-state index >= 15 is 0 Å². The predicted octanol–water partition coefficient (Wildman–Crippen LogP) is 0.690. The van der Waals surface area contributed by atoms with Crippen LogP contribution >= 0.6 is 0 Å². The molecule has 1 rings (SSSR count). The van der Waals surface area contributed by atoms with E-state index in [2.05, 4.69) is 12.4 Å². The van der Waals surface area contributed by atoms with Gasteiger partial charge in [0.15, 0.2) is 0 Å². The van der Waals surface area contributed by atoms with Crippen molar-refractivity contribution in [3.8, 4) is 0 Å². The molecule has 42 valence electrons. The number of hydrogen-bond acceptors (Lipinski definition) is 2. The molecule has 2 nitrogen and oxygen atoms in total. The Kier molecular flexibility index (Phi) is 1.65. The van der Waals surface area contributed by atoms with Crippen molar-refractivity contribution in [3.05, 3.63) is 0 Å². The van der Waals surface area contributed by atoms with Crippen LogP contribution in [0, 0.1) is 0 Å². The minimum Gasteiger partial charge on any atom is -0.300 e. The molecule has 0 bridgehead atoms. The number of hydroxylamine groups is 1. The highest BCUT2D eigenvalue weighted by molar-refractivity contribution is 4.65. The summed E-state index contributed by atoms with van der Waals surface area (Å²) in [5, 5.41) is 0. The van der Waals surface area contributed by atoms with E-state index in [1.54, 1.807) is 0 Å². The smallest absolute Gasteiger partial charge is 0.0858 e. The Bertz CT molecular complexity index is 52.0. The largest absolute Gasteiger partial charge is 0.300 e. The third kappa shape index (κ3) is 1.14. The molecule has 0 aromatic rings. The lowest BCUT2D eigenvalue weighted by Gasteiger charge is -2.26. The van der Waals surface area contributed by atoms with Crippen molar-refractivity contribution in [1.29, 1.82) is 0 Å². The van der Waals surface area contributed by atoms with Crippen molar-refractivity contribution >= 4 is 0 Å². The quantitative estimate of drug-likeness (QED) is 0.552. The van der Waals surface area contributed by atoms with Crippen LogP contribution in [0.1, 0.15) is 19.8 Å². The maximum absolute atomic E-state index is 4.74. The first-order valence-corrected chi connectivity index (χ1v) is 2.81. The molecule has 0 amide bonds. The Morgan fingerprint density at radius 1 is 1.86 bits per heavy atom. The second-order valence-corrected chi connectivity index (χ2v) is 1.91. The van der Waals surface area contributed by atoms with Crippen molar-refractivity contribution < 1.29 is 4.84 Å². The number of hydrogen-bond donors (Lipinski definition) is 1. The van der Waals surface area contributed by atoms with E-state index in [1.807, 2.05) is 0 Å². The molecule has 1 atom stereocenters. The van der Waals surface area contributed by atoms with Crippen LogP contribution < -0.4 is 5.48 Å². The molecule has 1 fully saturated rings. The number of nitrogens with one attached hydrogen (secondary N) is 1. The molecule has 0 aliphatic carbocycles. The Hall–Kier alpha value is -0.0800. The second-order valence-electron chi connectivity index (χ2n) is 1.91. The summed E-state index contributed by atoms with van der Waals surface area (Å²) in [6.07, 6.45) is 2.50. The van der Waals surface area contributed by atoms with Crippen molar-refractivity contribution in [1.82, 2.24) is 5.48 Å². The summed E-state index contributed by atoms with van der Waals surface area (Å²) in [7, 11) is 0. The zero-order chi connectivity index (χ0) is 5.11. The first kappa shape index (κ1) is 5.06. The molecule has 1 unspecified atom stereocenters. The first-order valence-electron chi connectivity index (χ1n) is 2.81. The lowest BCUT2D eigenvalue weighted by Crippen LogP contribution is -2.45. The summed E-state index contributed by atoms with van der Waals surface area (Å²) in [6, 6.07) is 0.657. The van der Waals surface area contributed by atoms with E-state index < -0.39 is 0 Å². The van der Waals surface area contributed by atoms with Gasteiger partial charge in [0.2, 0.25) is 0 Å². The molecule has 1 saturated heterocycles. The zero-order valence-electron chi connectivity index (χ0n) is 4.61. The Morgan fingerprint density at radius 2 is 2.57 bits per heavy atom. The number of rotatable bonds is 2. The molecule has 0 aromatic carbocycles. The minimum absolute atomic E-state index is 0.657. The lowest BCUT2D eigenvalue weighted by molar-refractivity contribution is -0.100. The van der Waals surface area contributed by atoms with Crippen LogP contribution in [-0.4, -0.2) is 12.6 Å². The van der Waals surface area contributed by atoms with E-state index in [0.717, 1.165) is 6.61 Å². The van der Waals surface area contributed by atoms with Crippen LogP contribution in [0.4, 0.5) is 0 Å². The predicted molar refractivity (Wildman–Crippen MR) is 27.8 cm³/mol. The first-order chi connectivity index (χ1) is 3.43. The van der Waals surface area contributed by atoms with Crippen molar-refractivity contribution in [2.24, 2.45) is 0 Å². The van der Waals surface area contributed by atoms with Gasteiger partial charge >= 0.3 is 0 Å². The van der Waals surface area contributed by atoms with Crippen molar-refractivity contribution in [3.63, 3.8) is 0 Å². The SMILES string of the molecule is CCCC1CON1. The Labute approximate surface area is 43.8 Å². The van der Waals surface area contributed by atoms with E-state index in [9.17, 15) is 0 Å². The summed E-state index contributed by atoms with van der Waals surface area (Å²) in [5.41, 5.74) is 2.85. The van der Waals surface area contributed by atoms with Gasteiger partial charge in [0.25, 0.3) is 0 Å². The van der Waals surface area contributed by atoms with E-state index in [1.165, 1.54) is 12.8 Å². The standard InChI is InChI=1S/C5H11NO/c1-2-3-5-4-7-6-5/h5-6H,2-4H2,1H3. The van der Waals surface area contributed by atoms with E-state index in [4.69, 9.17) is 4.84 Å². The average molecular weight is 101 g/mol. The van der Waals surface area contributed by atoms with Gasteiger partial charge in [-0.25, -0.2) is 0 Å². The molecular formula is C5H11NO. The van der Waals surface area contributed by atoms with Gasteiger partial charge in [0.05, 0.1) is 12.6 Å². The highest BCUT2D eigenvalue weighted by Gasteiger charge is 2.14. The molecule has 2 heteroatoms. The summed E-state index contributed by atoms with van der Waals surface area (Å²) in [4.78, 5) is 4.74. The normalized spacial score (nSPS) is 29.6. The fourth-order valence-corrected chi connectivity index (χ4v) is 0.692. The fraction of sp³-hybridized carbons (Fsp3) is 1.00. The summed E-state index contributed by atoms with van der Waals surface area (Å²) < 4.78 is 0. The van der Waals surface area contributed by atoms with Crippen LogP contribution in [0.2, 0.25) is 0 Å². The minimum atomic E-state index is 0.657. The van der Waals surface area contributed by atoms with Crippen LogP contribution in [0.15, 0.2) is 0 Å². The van der Waals surface area contributed by atoms with Gasteiger partial charge in [-0.1, -0.05) is 13.3 Å². The molecule has 1 N–H and O–H groups in total. The van der Waals surface area contributed by atoms with Gasteiger partial charge < -0.3 is 0 Å². The average Bonchev–Trinajstić information content (AvgIpc) is 1.55. The summed E-state index contributed by atoms with van der Waals surface area (Å²) in [5.74, 6) is 0. The topological polar surface area (TPSA) is 21.3 Å². The van der Waals surface area contributed by atoms with Crippen LogP contribution in [0.25, 0.3) is 0 Å². The maximum Gasteiger partial charge on any atom is 0.0858 e. The monoisotopic (exact) mass is 101 g/mol. The van der Waals surface area contributed by atoms with Crippen LogP contribution in [0.3, 0.4) is 0 Å². The van der Waals surface area contributed by atoms with Gasteiger partial charge in [-0.15, -0.1) is 0 Å². The molecule has 1 aliphatic heterocycles. The second kappa shape index (κ2) is 2.28. The molecule has 0 spiro atoms. The van der Waals surface area contributed by atoms with Gasteiger partial charge in [-0.3, -0.25) is 4.84 Å². The van der Waals surface area contributed by atoms with Gasteiger partial charge in [0, 0.05) is 0 Å². The molecule has 0 aromatic heterocycles. The van der Waals surface area contributed by atoms with Crippen LogP contribution in [-0.2, 0) is 4.84 Å². The third-order valence-electron chi connectivity index (χ3n) is 1.17. The van der Waals surface area contributed by atoms with Gasteiger partial charge in [-0.05, 0) is 6.42 Å². The molecule has 1 aliphatic rings. The van der Waals surface area contributed by atoms with Gasteiger partial charge in [0.1, 0.15) is 0 Å². The molecule has 7 heavy (non-hydrogen) atoms. The van der Waals surface area contributed by atoms with Gasteiger partial charge in [-0.2, -0.15) is 5.48 Å². The van der Waals surface area contributed by atoms with Crippen molar-refractivity contribution in [2.75, 3.05) is 6.61 Å². The van der Waals surface area contributed by atoms with Crippen LogP contribution in [0.5, 0.6) is 0 Å². The van der Waals surface area contributed by atoms with Crippen molar-refractivity contribution in [2.45, 2.75) is 25.8 Å². The molecule has 1 heterocycles.